The lowest BCUT2D eigenvalue weighted by Crippen LogP contribution is -2.35. The molecule has 7 heteroatoms. The molecule has 3 N–H and O–H groups in total. The summed E-state index contributed by atoms with van der Waals surface area (Å²) in [7, 11) is 1.94. The number of hydrogen-bond acceptors (Lipinski definition) is 4. The Morgan fingerprint density at radius 1 is 1.43 bits per heavy atom. The van der Waals surface area contributed by atoms with Crippen molar-refractivity contribution in [2.75, 3.05) is 20.1 Å². The molecule has 28 heavy (non-hydrogen) atoms. The molecule has 2 aromatic rings. The number of aromatic carboxylic acids is 1. The van der Waals surface area contributed by atoms with E-state index >= 15 is 4.39 Å². The fourth-order valence-corrected chi connectivity index (χ4v) is 5.41. The number of aromatic nitrogens is 1. The van der Waals surface area contributed by atoms with Crippen LogP contribution >= 0.6 is 0 Å². The molecule has 3 aliphatic rings. The van der Waals surface area contributed by atoms with Crippen molar-refractivity contribution in [2.24, 2.45) is 5.41 Å². The highest BCUT2D eigenvalue weighted by Crippen LogP contribution is 2.63. The van der Waals surface area contributed by atoms with E-state index < -0.39 is 17.3 Å². The van der Waals surface area contributed by atoms with Crippen molar-refractivity contribution in [3.8, 4) is 0 Å². The predicted molar refractivity (Wildman–Crippen MR) is 103 cm³/mol. The predicted octanol–water partition coefficient (Wildman–Crippen LogP) is 1.99. The second kappa shape index (κ2) is 5.87. The summed E-state index contributed by atoms with van der Waals surface area (Å²) in [6, 6.07) is 1.81. The minimum atomic E-state index is -1.27. The van der Waals surface area contributed by atoms with Crippen LogP contribution in [0.5, 0.6) is 0 Å². The van der Waals surface area contributed by atoms with Crippen molar-refractivity contribution >= 4 is 11.5 Å². The zero-order chi connectivity index (χ0) is 19.8. The van der Waals surface area contributed by atoms with E-state index in [9.17, 15) is 14.7 Å². The van der Waals surface area contributed by atoms with Gasteiger partial charge in [0, 0.05) is 30.7 Å². The van der Waals surface area contributed by atoms with Gasteiger partial charge in [0.25, 0.3) is 5.56 Å². The van der Waals surface area contributed by atoms with E-state index in [4.69, 9.17) is 0 Å². The maximum absolute atomic E-state index is 15.3. The largest absolute Gasteiger partial charge is 0.477 e. The molecular formula is C21H24FN3O3. The van der Waals surface area contributed by atoms with Crippen molar-refractivity contribution in [3.05, 3.63) is 50.7 Å². The molecule has 3 heterocycles. The molecule has 2 saturated carbocycles. The van der Waals surface area contributed by atoms with Crippen LogP contribution in [0.3, 0.4) is 0 Å². The van der Waals surface area contributed by atoms with E-state index in [-0.39, 0.29) is 22.8 Å². The van der Waals surface area contributed by atoms with Crippen LogP contribution in [-0.4, -0.2) is 41.7 Å². The Hall–Kier alpha value is -2.25. The Bertz CT molecular complexity index is 1070. The Morgan fingerprint density at radius 2 is 2.18 bits per heavy atom. The smallest absolute Gasteiger partial charge is 0.341 e. The zero-order valence-corrected chi connectivity index (χ0v) is 16.0. The van der Waals surface area contributed by atoms with Crippen molar-refractivity contribution in [1.29, 1.82) is 0 Å². The van der Waals surface area contributed by atoms with E-state index in [1.54, 1.807) is 0 Å². The molecule has 3 fully saturated rings. The fraction of sp³-hybridized carbons (Fsp3) is 0.524. The number of pyridine rings is 2. The molecule has 0 amide bonds. The maximum atomic E-state index is 15.3. The molecule has 1 spiro atoms. The maximum Gasteiger partial charge on any atom is 0.341 e. The first-order valence-corrected chi connectivity index (χ1v) is 9.88. The summed E-state index contributed by atoms with van der Waals surface area (Å²) in [6.45, 7) is 3.60. The molecule has 0 aromatic carbocycles. The van der Waals surface area contributed by atoms with Crippen LogP contribution in [0.2, 0.25) is 0 Å². The monoisotopic (exact) mass is 385 g/mol. The fourth-order valence-electron chi connectivity index (χ4n) is 5.41. The van der Waals surface area contributed by atoms with E-state index in [2.05, 4.69) is 10.6 Å². The van der Waals surface area contributed by atoms with Crippen molar-refractivity contribution in [2.45, 2.75) is 44.1 Å². The molecular weight excluding hydrogens is 361 g/mol. The van der Waals surface area contributed by atoms with Gasteiger partial charge in [-0.3, -0.25) is 9.20 Å². The first-order valence-electron chi connectivity index (χ1n) is 9.88. The number of likely N-dealkylation sites (N-methyl/N-ethyl adjacent to an activating group) is 1. The Balaban J connectivity index is 1.73. The van der Waals surface area contributed by atoms with Crippen LogP contribution < -0.4 is 16.2 Å². The van der Waals surface area contributed by atoms with E-state index in [1.807, 2.05) is 14.0 Å². The van der Waals surface area contributed by atoms with Crippen LogP contribution in [0, 0.1) is 18.2 Å². The number of nitrogens with zero attached hydrogens (tertiary/aromatic N) is 1. The normalized spacial score (nSPS) is 29.0. The number of nitrogens with one attached hydrogen (secondary N) is 2. The number of rotatable bonds is 4. The van der Waals surface area contributed by atoms with Crippen molar-refractivity contribution in [3.63, 3.8) is 0 Å². The second-order valence-electron chi connectivity index (χ2n) is 8.59. The number of aryl methyl sites for hydroxylation is 1. The van der Waals surface area contributed by atoms with Crippen LogP contribution in [-0.2, 0) is 0 Å². The third-order valence-corrected chi connectivity index (χ3v) is 7.08. The Labute approximate surface area is 161 Å². The number of carboxylic acids is 1. The third-order valence-electron chi connectivity index (χ3n) is 7.08. The topological polar surface area (TPSA) is 82.8 Å². The highest BCUT2D eigenvalue weighted by molar-refractivity contribution is 5.88. The molecule has 1 saturated heterocycles. The van der Waals surface area contributed by atoms with Gasteiger partial charge in [-0.25, -0.2) is 9.18 Å². The van der Waals surface area contributed by atoms with Crippen LogP contribution in [0.1, 0.15) is 58.1 Å². The Morgan fingerprint density at radius 3 is 2.82 bits per heavy atom. The first kappa shape index (κ1) is 17.8. The minimum Gasteiger partial charge on any atom is -0.477 e. The van der Waals surface area contributed by atoms with Gasteiger partial charge in [0.05, 0.1) is 5.52 Å². The second-order valence-corrected chi connectivity index (χ2v) is 8.59. The molecule has 148 valence electrons. The van der Waals surface area contributed by atoms with Crippen molar-refractivity contribution < 1.29 is 14.3 Å². The highest BCUT2D eigenvalue weighted by atomic mass is 19.1. The number of carboxylic acid groups (broad SMARTS) is 1. The highest BCUT2D eigenvalue weighted by Gasteiger charge is 2.62. The molecule has 2 aromatic heterocycles. The van der Waals surface area contributed by atoms with Gasteiger partial charge in [0.1, 0.15) is 11.4 Å². The van der Waals surface area contributed by atoms with Crippen LogP contribution in [0.25, 0.3) is 5.52 Å². The summed E-state index contributed by atoms with van der Waals surface area (Å²) in [4.78, 5) is 24.2. The first-order chi connectivity index (χ1) is 13.4. The summed E-state index contributed by atoms with van der Waals surface area (Å²) < 4.78 is 16.5. The lowest BCUT2D eigenvalue weighted by atomic mass is 9.91. The summed E-state index contributed by atoms with van der Waals surface area (Å²) in [5, 5.41) is 16.2. The van der Waals surface area contributed by atoms with E-state index in [0.29, 0.717) is 17.1 Å². The lowest BCUT2D eigenvalue weighted by molar-refractivity contribution is 0.0694. The summed E-state index contributed by atoms with van der Waals surface area (Å²) >= 11 is 0. The van der Waals surface area contributed by atoms with Gasteiger partial charge >= 0.3 is 5.97 Å². The average molecular weight is 385 g/mol. The SMILES string of the molecule is CN[C@@H]1CNCC12CC2c1c(F)cn2c(=O)c(C(=O)O)cc(C3CC3)c2c1C. The average Bonchev–Trinajstić information content (AvgIpc) is 3.54. The van der Waals surface area contributed by atoms with E-state index in [1.165, 1.54) is 16.7 Å². The van der Waals surface area contributed by atoms with Crippen LogP contribution in [0.4, 0.5) is 4.39 Å². The quantitative estimate of drug-likeness (QED) is 0.750. The van der Waals surface area contributed by atoms with Gasteiger partial charge in [-0.15, -0.1) is 0 Å². The van der Waals surface area contributed by atoms with Gasteiger partial charge in [0.2, 0.25) is 0 Å². The lowest BCUT2D eigenvalue weighted by Gasteiger charge is -2.21. The molecule has 0 bridgehead atoms. The zero-order valence-electron chi connectivity index (χ0n) is 16.0. The third kappa shape index (κ3) is 2.32. The van der Waals surface area contributed by atoms with Gasteiger partial charge in [-0.2, -0.15) is 0 Å². The molecule has 3 atom stereocenters. The number of hydrogen-bond donors (Lipinski definition) is 3. The molecule has 2 unspecified atom stereocenters. The van der Waals surface area contributed by atoms with E-state index in [0.717, 1.165) is 43.5 Å². The van der Waals surface area contributed by atoms with Gasteiger partial charge in [-0.05, 0) is 67.8 Å². The summed E-state index contributed by atoms with van der Waals surface area (Å²) in [6.07, 6.45) is 4.06. The van der Waals surface area contributed by atoms with Gasteiger partial charge in [-0.1, -0.05) is 0 Å². The van der Waals surface area contributed by atoms with Crippen molar-refractivity contribution in [1.82, 2.24) is 15.0 Å². The summed E-state index contributed by atoms with van der Waals surface area (Å²) in [5.74, 6) is -1.33. The number of fused-ring (bicyclic) bond motifs is 1. The molecule has 5 rings (SSSR count). The Kier molecular flexibility index (Phi) is 3.74. The molecule has 0 radical (unpaired) electrons. The number of carbonyl (C=O) groups is 1. The molecule has 6 nitrogen and oxygen atoms in total. The number of halogens is 1. The van der Waals surface area contributed by atoms with Gasteiger partial charge in [0.15, 0.2) is 0 Å². The molecule has 1 aliphatic heterocycles. The molecule has 2 aliphatic carbocycles. The summed E-state index contributed by atoms with van der Waals surface area (Å²) in [5.41, 5.74) is 2.08. The standard InChI is InChI=1S/C21H24FN3O3/c1-10-17(14-6-21(14)9-24-7-16(21)23-2)15(22)8-25-18(10)12(11-3-4-11)5-13(19(25)26)20(27)28/h5,8,11,14,16,23-24H,3-4,6-7,9H2,1-2H3,(H,27,28)/t14?,16-,21?/m1/s1. The minimum absolute atomic E-state index is 0.0136. The van der Waals surface area contributed by atoms with Gasteiger partial charge < -0.3 is 15.7 Å². The van der Waals surface area contributed by atoms with Crippen LogP contribution in [0.15, 0.2) is 17.1 Å².